The van der Waals surface area contributed by atoms with E-state index in [2.05, 4.69) is 5.32 Å². The van der Waals surface area contributed by atoms with Gasteiger partial charge in [0.1, 0.15) is 11.5 Å². The lowest BCUT2D eigenvalue weighted by atomic mass is 10.2. The maximum absolute atomic E-state index is 12.1. The molecular weight excluding hydrogens is 298 g/mol. The Morgan fingerprint density at radius 2 is 1.74 bits per heavy atom. The number of carbonyl (C=O) groups excluding carboxylic acids is 2. The molecule has 0 aromatic heterocycles. The number of nitrogens with one attached hydrogen (secondary N) is 1. The largest absolute Gasteiger partial charge is 0.508 e. The van der Waals surface area contributed by atoms with E-state index in [-0.39, 0.29) is 11.3 Å². The molecule has 2 N–H and O–H groups in total. The van der Waals surface area contributed by atoms with Crippen LogP contribution >= 0.6 is 0 Å². The molecule has 2 rings (SSSR count). The number of amides is 1. The van der Waals surface area contributed by atoms with Gasteiger partial charge in [-0.2, -0.15) is 0 Å². The fraction of sp³-hybridized carbons (Fsp3) is 0.176. The first-order valence-electron chi connectivity index (χ1n) is 6.95. The summed E-state index contributed by atoms with van der Waals surface area (Å²) in [6.45, 7) is 1.48. The van der Waals surface area contributed by atoms with E-state index >= 15 is 0 Å². The minimum absolute atomic E-state index is 0.0449. The number of ether oxygens (including phenoxy) is 2. The molecular formula is C17H17NO5. The third-order valence-electron chi connectivity index (χ3n) is 3.12. The molecule has 0 aliphatic rings. The number of aromatic hydroxyl groups is 1. The number of methoxy groups -OCH3 is 1. The molecule has 0 aliphatic heterocycles. The molecule has 23 heavy (non-hydrogen) atoms. The summed E-state index contributed by atoms with van der Waals surface area (Å²) < 4.78 is 10.3. The predicted molar refractivity (Wildman–Crippen MR) is 84.6 cm³/mol. The van der Waals surface area contributed by atoms with E-state index in [4.69, 9.17) is 9.47 Å². The molecule has 0 aliphatic carbocycles. The van der Waals surface area contributed by atoms with Gasteiger partial charge >= 0.3 is 5.97 Å². The number of hydrogen-bond acceptors (Lipinski definition) is 5. The maximum Gasteiger partial charge on any atom is 0.338 e. The van der Waals surface area contributed by atoms with Crippen molar-refractivity contribution in [3.8, 4) is 11.5 Å². The Bertz CT molecular complexity index is 696. The van der Waals surface area contributed by atoms with E-state index in [0.29, 0.717) is 11.4 Å². The number of hydrogen-bond donors (Lipinski definition) is 2. The molecule has 0 saturated carbocycles. The summed E-state index contributed by atoms with van der Waals surface area (Å²) >= 11 is 0. The van der Waals surface area contributed by atoms with Crippen LogP contribution in [0.5, 0.6) is 11.5 Å². The van der Waals surface area contributed by atoms with Crippen molar-refractivity contribution in [2.24, 2.45) is 0 Å². The second-order valence-corrected chi connectivity index (χ2v) is 4.78. The Balaban J connectivity index is 1.99. The van der Waals surface area contributed by atoms with Gasteiger partial charge in [0.25, 0.3) is 5.91 Å². The highest BCUT2D eigenvalue weighted by molar-refractivity contribution is 5.98. The average Bonchev–Trinajstić information content (AvgIpc) is 2.55. The van der Waals surface area contributed by atoms with E-state index in [1.54, 1.807) is 24.3 Å². The molecule has 6 nitrogen and oxygen atoms in total. The van der Waals surface area contributed by atoms with Crippen LogP contribution in [0.4, 0.5) is 5.69 Å². The number of esters is 1. The Labute approximate surface area is 133 Å². The second-order valence-electron chi connectivity index (χ2n) is 4.78. The van der Waals surface area contributed by atoms with E-state index in [0.717, 1.165) is 0 Å². The smallest absolute Gasteiger partial charge is 0.338 e. The third kappa shape index (κ3) is 4.23. The van der Waals surface area contributed by atoms with Crippen molar-refractivity contribution in [1.82, 2.24) is 0 Å². The van der Waals surface area contributed by atoms with Crippen molar-refractivity contribution in [1.29, 1.82) is 0 Å². The van der Waals surface area contributed by atoms with Gasteiger partial charge in [0.15, 0.2) is 6.10 Å². The first kappa shape index (κ1) is 16.4. The molecule has 2 aromatic carbocycles. The highest BCUT2D eigenvalue weighted by atomic mass is 16.5. The highest BCUT2D eigenvalue weighted by Gasteiger charge is 2.20. The van der Waals surface area contributed by atoms with Gasteiger partial charge in [0.05, 0.1) is 18.4 Å². The zero-order chi connectivity index (χ0) is 16.8. The lowest BCUT2D eigenvalue weighted by Gasteiger charge is -2.15. The van der Waals surface area contributed by atoms with Crippen molar-refractivity contribution < 1.29 is 24.2 Å². The van der Waals surface area contributed by atoms with E-state index in [1.165, 1.54) is 38.3 Å². The third-order valence-corrected chi connectivity index (χ3v) is 3.12. The fourth-order valence-corrected chi connectivity index (χ4v) is 1.86. The average molecular weight is 315 g/mol. The first-order chi connectivity index (χ1) is 11.0. The SMILES string of the molecule is COc1ccccc1NC(=O)[C@@H](C)OC(=O)c1ccc(O)cc1. The number of rotatable bonds is 5. The molecule has 0 fully saturated rings. The van der Waals surface area contributed by atoms with Crippen LogP contribution in [0.3, 0.4) is 0 Å². The number of benzene rings is 2. The summed E-state index contributed by atoms with van der Waals surface area (Å²) in [6, 6.07) is 12.5. The van der Waals surface area contributed by atoms with Crippen LogP contribution in [-0.4, -0.2) is 30.2 Å². The van der Waals surface area contributed by atoms with Crippen LogP contribution in [0.25, 0.3) is 0 Å². The molecule has 6 heteroatoms. The van der Waals surface area contributed by atoms with Gasteiger partial charge in [-0.15, -0.1) is 0 Å². The monoisotopic (exact) mass is 315 g/mol. The van der Waals surface area contributed by atoms with Crippen molar-refractivity contribution in [2.45, 2.75) is 13.0 Å². The molecule has 0 heterocycles. The van der Waals surface area contributed by atoms with Crippen molar-refractivity contribution in [2.75, 3.05) is 12.4 Å². The zero-order valence-corrected chi connectivity index (χ0v) is 12.8. The quantitative estimate of drug-likeness (QED) is 0.828. The summed E-state index contributed by atoms with van der Waals surface area (Å²) in [5, 5.41) is 11.8. The Hall–Kier alpha value is -3.02. The Morgan fingerprint density at radius 1 is 1.09 bits per heavy atom. The summed E-state index contributed by atoms with van der Waals surface area (Å²) in [4.78, 5) is 24.1. The molecule has 0 spiro atoms. The molecule has 0 saturated heterocycles. The number of anilines is 1. The minimum atomic E-state index is -0.985. The van der Waals surface area contributed by atoms with Crippen LogP contribution in [-0.2, 0) is 9.53 Å². The standard InChI is InChI=1S/C17H17NO5/c1-11(23-17(21)12-7-9-13(19)10-8-12)16(20)18-14-5-3-4-6-15(14)22-2/h3-11,19H,1-2H3,(H,18,20)/t11-/m1/s1. The van der Waals surface area contributed by atoms with E-state index < -0.39 is 18.0 Å². The number of carbonyl (C=O) groups is 2. The van der Waals surface area contributed by atoms with Gasteiger partial charge in [-0.05, 0) is 43.3 Å². The van der Waals surface area contributed by atoms with Gasteiger partial charge in [0.2, 0.25) is 0 Å². The van der Waals surface area contributed by atoms with Gasteiger partial charge in [-0.1, -0.05) is 12.1 Å². The lowest BCUT2D eigenvalue weighted by Crippen LogP contribution is -2.30. The molecule has 0 radical (unpaired) electrons. The fourth-order valence-electron chi connectivity index (χ4n) is 1.86. The van der Waals surface area contributed by atoms with Gasteiger partial charge in [0, 0.05) is 0 Å². The molecule has 1 atom stereocenters. The van der Waals surface area contributed by atoms with Crippen LogP contribution in [0.1, 0.15) is 17.3 Å². The second kappa shape index (κ2) is 7.31. The lowest BCUT2D eigenvalue weighted by molar-refractivity contribution is -0.123. The minimum Gasteiger partial charge on any atom is -0.508 e. The van der Waals surface area contributed by atoms with E-state index in [1.807, 2.05) is 0 Å². The number of para-hydroxylation sites is 2. The van der Waals surface area contributed by atoms with Crippen molar-refractivity contribution in [3.05, 3.63) is 54.1 Å². The van der Waals surface area contributed by atoms with E-state index in [9.17, 15) is 14.7 Å². The van der Waals surface area contributed by atoms with Crippen LogP contribution in [0.15, 0.2) is 48.5 Å². The maximum atomic E-state index is 12.1. The number of phenolic OH excluding ortho intramolecular Hbond substituents is 1. The summed E-state index contributed by atoms with van der Waals surface area (Å²) in [5.41, 5.74) is 0.743. The van der Waals surface area contributed by atoms with Crippen LogP contribution in [0.2, 0.25) is 0 Å². The Morgan fingerprint density at radius 3 is 2.39 bits per heavy atom. The highest BCUT2D eigenvalue weighted by Crippen LogP contribution is 2.23. The normalized spacial score (nSPS) is 11.4. The summed E-state index contributed by atoms with van der Waals surface area (Å²) in [5.74, 6) is -0.560. The van der Waals surface area contributed by atoms with Crippen LogP contribution < -0.4 is 10.1 Å². The summed E-state index contributed by atoms with van der Waals surface area (Å²) in [7, 11) is 1.50. The van der Waals surface area contributed by atoms with Crippen LogP contribution in [0, 0.1) is 0 Å². The molecule has 0 bridgehead atoms. The number of phenols is 1. The molecule has 1 amide bonds. The first-order valence-corrected chi connectivity index (χ1v) is 6.95. The topological polar surface area (TPSA) is 84.9 Å². The van der Waals surface area contributed by atoms with Gasteiger partial charge in [-0.25, -0.2) is 4.79 Å². The zero-order valence-electron chi connectivity index (χ0n) is 12.8. The van der Waals surface area contributed by atoms with Gasteiger partial charge < -0.3 is 19.9 Å². The van der Waals surface area contributed by atoms with Gasteiger partial charge in [-0.3, -0.25) is 4.79 Å². The molecule has 120 valence electrons. The summed E-state index contributed by atoms with van der Waals surface area (Å²) in [6.07, 6.45) is -0.985. The molecule has 2 aromatic rings. The molecule has 0 unspecified atom stereocenters. The van der Waals surface area contributed by atoms with Crippen molar-refractivity contribution >= 4 is 17.6 Å². The van der Waals surface area contributed by atoms with Crippen molar-refractivity contribution in [3.63, 3.8) is 0 Å². The predicted octanol–water partition coefficient (Wildman–Crippen LogP) is 2.58. The Kier molecular flexibility index (Phi) is 5.19.